The van der Waals surface area contributed by atoms with Crippen LogP contribution < -0.4 is 4.72 Å². The highest BCUT2D eigenvalue weighted by atomic mass is 35.5. The number of sulfonamides is 1. The molecule has 0 spiro atoms. The van der Waals surface area contributed by atoms with E-state index in [4.69, 9.17) is 11.6 Å². The lowest BCUT2D eigenvalue weighted by molar-refractivity contribution is 0.581. The third-order valence-corrected chi connectivity index (χ3v) is 5.46. The first-order valence-corrected chi connectivity index (χ1v) is 7.67. The van der Waals surface area contributed by atoms with Crippen LogP contribution in [0.1, 0.15) is 11.4 Å². The second kappa shape index (κ2) is 4.96. The van der Waals surface area contributed by atoms with E-state index in [0.717, 1.165) is 11.3 Å². The quantitative estimate of drug-likeness (QED) is 0.924. The molecule has 2 aromatic heterocycles. The van der Waals surface area contributed by atoms with Gasteiger partial charge in [-0.15, -0.1) is 0 Å². The molecule has 18 heavy (non-hydrogen) atoms. The van der Waals surface area contributed by atoms with Gasteiger partial charge in [0.25, 0.3) is 10.0 Å². The van der Waals surface area contributed by atoms with E-state index in [1.807, 2.05) is 0 Å². The van der Waals surface area contributed by atoms with Crippen LogP contribution in [0.3, 0.4) is 0 Å². The molecule has 0 bridgehead atoms. The molecular formula is C9H11ClN4O2S2. The third kappa shape index (κ3) is 2.89. The molecule has 0 aliphatic heterocycles. The Labute approximate surface area is 114 Å². The molecule has 0 radical (unpaired) electrons. The summed E-state index contributed by atoms with van der Waals surface area (Å²) >= 11 is 6.63. The van der Waals surface area contributed by atoms with Gasteiger partial charge in [0.05, 0.1) is 17.9 Å². The number of halogens is 1. The average Bonchev–Trinajstić information content (AvgIpc) is 2.82. The summed E-state index contributed by atoms with van der Waals surface area (Å²) in [6, 6.07) is 1.75. The number of nitrogens with zero attached hydrogens (tertiary/aromatic N) is 3. The molecule has 9 heteroatoms. The summed E-state index contributed by atoms with van der Waals surface area (Å²) in [6.45, 7) is 1.75. The molecule has 0 unspecified atom stereocenters. The number of hydrogen-bond acceptors (Lipinski definition) is 5. The molecule has 0 aliphatic carbocycles. The zero-order chi connectivity index (χ0) is 13.3. The lowest BCUT2D eigenvalue weighted by Crippen LogP contribution is -2.23. The Morgan fingerprint density at radius 3 is 2.78 bits per heavy atom. The van der Waals surface area contributed by atoms with Crippen molar-refractivity contribution >= 4 is 33.0 Å². The summed E-state index contributed by atoms with van der Waals surface area (Å²) in [4.78, 5) is 3.88. The van der Waals surface area contributed by atoms with Crippen LogP contribution in [0.4, 0.5) is 0 Å². The maximum atomic E-state index is 12.0. The lowest BCUT2D eigenvalue weighted by Gasteiger charge is -2.03. The third-order valence-electron chi connectivity index (χ3n) is 2.18. The van der Waals surface area contributed by atoms with E-state index < -0.39 is 10.0 Å². The van der Waals surface area contributed by atoms with Crippen LogP contribution in [0.25, 0.3) is 0 Å². The largest absolute Gasteiger partial charge is 0.276 e. The first-order valence-electron chi connectivity index (χ1n) is 4.99. The van der Waals surface area contributed by atoms with E-state index in [1.165, 1.54) is 0 Å². The number of hydrogen-bond donors (Lipinski definition) is 1. The molecule has 2 heterocycles. The van der Waals surface area contributed by atoms with E-state index in [9.17, 15) is 8.42 Å². The number of aromatic nitrogens is 3. The molecule has 2 aromatic rings. The van der Waals surface area contributed by atoms with Gasteiger partial charge in [-0.3, -0.25) is 4.68 Å². The van der Waals surface area contributed by atoms with Crippen molar-refractivity contribution in [1.29, 1.82) is 0 Å². The summed E-state index contributed by atoms with van der Waals surface area (Å²) in [5, 5.41) is 4.09. The van der Waals surface area contributed by atoms with Gasteiger partial charge in [0.15, 0.2) is 8.68 Å². The zero-order valence-electron chi connectivity index (χ0n) is 9.71. The first kappa shape index (κ1) is 13.5. The fraction of sp³-hybridized carbons (Fsp3) is 0.333. The molecule has 6 nitrogen and oxygen atoms in total. The number of nitrogens with one attached hydrogen (secondary N) is 1. The Bertz CT molecular complexity index is 662. The molecule has 0 saturated carbocycles. The van der Waals surface area contributed by atoms with Crippen molar-refractivity contribution in [3.05, 3.63) is 28.1 Å². The predicted octanol–water partition coefficient (Wildman–Crippen LogP) is 1.32. The molecule has 0 aliphatic rings. The molecule has 1 N–H and O–H groups in total. The van der Waals surface area contributed by atoms with Gasteiger partial charge in [0, 0.05) is 13.2 Å². The number of rotatable bonds is 4. The standard InChI is InChI=1S/C9H11ClN4O2S2/c1-6-8(17-9(10)12-6)18(15,16)11-5-7-3-4-14(2)13-7/h3-4,11H,5H2,1-2H3. The highest BCUT2D eigenvalue weighted by molar-refractivity contribution is 7.91. The molecule has 0 amide bonds. The van der Waals surface area contributed by atoms with Crippen molar-refractivity contribution in [3.63, 3.8) is 0 Å². The van der Waals surface area contributed by atoms with Gasteiger partial charge in [-0.2, -0.15) is 5.10 Å². The van der Waals surface area contributed by atoms with Crippen LogP contribution in [0.5, 0.6) is 0 Å². The molecule has 98 valence electrons. The van der Waals surface area contributed by atoms with Crippen molar-refractivity contribution in [2.24, 2.45) is 7.05 Å². The zero-order valence-corrected chi connectivity index (χ0v) is 12.1. The fourth-order valence-electron chi connectivity index (χ4n) is 1.39. The second-order valence-corrected chi connectivity index (χ2v) is 7.19. The van der Waals surface area contributed by atoms with E-state index in [-0.39, 0.29) is 15.2 Å². The lowest BCUT2D eigenvalue weighted by atomic mass is 10.4. The van der Waals surface area contributed by atoms with Crippen molar-refractivity contribution in [3.8, 4) is 0 Å². The van der Waals surface area contributed by atoms with Gasteiger partial charge in [0.1, 0.15) is 0 Å². The monoisotopic (exact) mass is 306 g/mol. The van der Waals surface area contributed by atoms with Gasteiger partial charge in [-0.05, 0) is 13.0 Å². The molecule has 0 fully saturated rings. The van der Waals surface area contributed by atoms with Crippen LogP contribution >= 0.6 is 22.9 Å². The molecule has 0 saturated heterocycles. The molecule has 0 atom stereocenters. The van der Waals surface area contributed by atoms with Crippen LogP contribution in [0.15, 0.2) is 16.5 Å². The minimum atomic E-state index is -3.59. The van der Waals surface area contributed by atoms with Gasteiger partial charge in [0.2, 0.25) is 0 Å². The maximum absolute atomic E-state index is 12.0. The van der Waals surface area contributed by atoms with Gasteiger partial charge in [-0.25, -0.2) is 18.1 Å². The summed E-state index contributed by atoms with van der Waals surface area (Å²) < 4.78 is 28.5. The Morgan fingerprint density at radius 2 is 2.28 bits per heavy atom. The Balaban J connectivity index is 2.15. The van der Waals surface area contributed by atoms with E-state index in [0.29, 0.717) is 11.4 Å². The minimum absolute atomic E-state index is 0.137. The van der Waals surface area contributed by atoms with Gasteiger partial charge >= 0.3 is 0 Å². The Kier molecular flexibility index (Phi) is 3.71. The van der Waals surface area contributed by atoms with Crippen LogP contribution in [0.2, 0.25) is 4.47 Å². The summed E-state index contributed by atoms with van der Waals surface area (Å²) in [6.07, 6.45) is 1.75. The van der Waals surface area contributed by atoms with Crippen LogP contribution in [0, 0.1) is 6.92 Å². The summed E-state index contributed by atoms with van der Waals surface area (Å²) in [5.74, 6) is 0. The van der Waals surface area contributed by atoms with Crippen molar-refractivity contribution in [1.82, 2.24) is 19.5 Å². The Morgan fingerprint density at radius 1 is 1.56 bits per heavy atom. The molecule has 2 rings (SSSR count). The average molecular weight is 307 g/mol. The SMILES string of the molecule is Cc1nc(Cl)sc1S(=O)(=O)NCc1ccn(C)n1. The van der Waals surface area contributed by atoms with Crippen molar-refractivity contribution < 1.29 is 8.42 Å². The number of thiazole rings is 1. The van der Waals surface area contributed by atoms with E-state index in [1.54, 1.807) is 30.9 Å². The second-order valence-electron chi connectivity index (χ2n) is 3.64. The Hall–Kier alpha value is -0.960. The summed E-state index contributed by atoms with van der Waals surface area (Å²) in [7, 11) is -1.82. The van der Waals surface area contributed by atoms with Crippen LogP contribution in [-0.4, -0.2) is 23.2 Å². The van der Waals surface area contributed by atoms with E-state index >= 15 is 0 Å². The normalized spacial score (nSPS) is 11.9. The smallest absolute Gasteiger partial charge is 0.252 e. The highest BCUT2D eigenvalue weighted by Gasteiger charge is 2.21. The van der Waals surface area contributed by atoms with Crippen LogP contribution in [-0.2, 0) is 23.6 Å². The predicted molar refractivity (Wildman–Crippen MR) is 69.1 cm³/mol. The van der Waals surface area contributed by atoms with Gasteiger partial charge < -0.3 is 0 Å². The fourth-order valence-corrected chi connectivity index (χ4v) is 4.17. The van der Waals surface area contributed by atoms with E-state index in [2.05, 4.69) is 14.8 Å². The first-order chi connectivity index (χ1) is 8.38. The minimum Gasteiger partial charge on any atom is -0.276 e. The molecular weight excluding hydrogens is 296 g/mol. The molecule has 0 aromatic carbocycles. The topological polar surface area (TPSA) is 76.9 Å². The van der Waals surface area contributed by atoms with Gasteiger partial charge in [-0.1, -0.05) is 22.9 Å². The number of aryl methyl sites for hydroxylation is 2. The highest BCUT2D eigenvalue weighted by Crippen LogP contribution is 2.26. The maximum Gasteiger partial charge on any atom is 0.252 e. The van der Waals surface area contributed by atoms with Crippen molar-refractivity contribution in [2.75, 3.05) is 0 Å². The summed E-state index contributed by atoms with van der Waals surface area (Å²) in [5.41, 5.74) is 1.05. The van der Waals surface area contributed by atoms with Crippen molar-refractivity contribution in [2.45, 2.75) is 17.7 Å².